The van der Waals surface area contributed by atoms with Crippen LogP contribution in [-0.2, 0) is 0 Å². The van der Waals surface area contributed by atoms with Gasteiger partial charge in [0.25, 0.3) is 0 Å². The first-order valence-electron chi connectivity index (χ1n) is 5.45. The van der Waals surface area contributed by atoms with E-state index in [0.29, 0.717) is 5.56 Å². The van der Waals surface area contributed by atoms with Gasteiger partial charge in [0.05, 0.1) is 6.04 Å². The molecule has 18 heavy (non-hydrogen) atoms. The van der Waals surface area contributed by atoms with Gasteiger partial charge in [0.2, 0.25) is 0 Å². The molecule has 0 bridgehead atoms. The number of benzene rings is 2. The van der Waals surface area contributed by atoms with Gasteiger partial charge in [-0.15, -0.1) is 0 Å². The summed E-state index contributed by atoms with van der Waals surface area (Å²) < 4.78 is 27.0. The molecule has 0 aromatic heterocycles. The van der Waals surface area contributed by atoms with Gasteiger partial charge >= 0.3 is 0 Å². The molecule has 0 radical (unpaired) electrons. The maximum Gasteiger partial charge on any atom is 0.159 e. The summed E-state index contributed by atoms with van der Waals surface area (Å²) in [5.74, 6) is -1.74. The van der Waals surface area contributed by atoms with E-state index >= 15 is 0 Å². The highest BCUT2D eigenvalue weighted by Gasteiger charge is 2.12. The van der Waals surface area contributed by atoms with Gasteiger partial charge in [0, 0.05) is 4.47 Å². The maximum absolute atomic E-state index is 13.2. The van der Waals surface area contributed by atoms with Gasteiger partial charge in [-0.25, -0.2) is 8.78 Å². The van der Waals surface area contributed by atoms with Crippen molar-refractivity contribution in [1.29, 1.82) is 0 Å². The summed E-state index contributed by atoms with van der Waals surface area (Å²) >= 11 is 3.41. The standard InChI is InChI=1S/C14H12BrF2N/c1-8-6-9(2-4-11(8)15)14(18)10-3-5-12(16)13(17)7-10/h2-7,14H,18H2,1H3. The summed E-state index contributed by atoms with van der Waals surface area (Å²) in [5.41, 5.74) is 8.51. The maximum atomic E-state index is 13.2. The Morgan fingerprint density at radius 2 is 1.61 bits per heavy atom. The van der Waals surface area contributed by atoms with E-state index < -0.39 is 17.7 Å². The van der Waals surface area contributed by atoms with E-state index in [2.05, 4.69) is 15.9 Å². The molecule has 2 N–H and O–H groups in total. The molecule has 0 aliphatic heterocycles. The van der Waals surface area contributed by atoms with Crippen molar-refractivity contribution in [3.63, 3.8) is 0 Å². The number of nitrogens with two attached hydrogens (primary N) is 1. The van der Waals surface area contributed by atoms with Crippen molar-refractivity contribution >= 4 is 15.9 Å². The fraction of sp³-hybridized carbons (Fsp3) is 0.143. The number of rotatable bonds is 2. The highest BCUT2D eigenvalue weighted by molar-refractivity contribution is 9.10. The predicted octanol–water partition coefficient (Wildman–Crippen LogP) is 4.08. The molecule has 94 valence electrons. The van der Waals surface area contributed by atoms with Gasteiger partial charge < -0.3 is 5.73 Å². The predicted molar refractivity (Wildman–Crippen MR) is 71.3 cm³/mol. The second-order valence-corrected chi connectivity index (χ2v) is 5.01. The fourth-order valence-corrected chi connectivity index (χ4v) is 2.01. The quantitative estimate of drug-likeness (QED) is 0.888. The Kier molecular flexibility index (Phi) is 3.78. The summed E-state index contributed by atoms with van der Waals surface area (Å²) in [6.45, 7) is 1.95. The number of halogens is 3. The van der Waals surface area contributed by atoms with Crippen LogP contribution in [0.5, 0.6) is 0 Å². The average Bonchev–Trinajstić information content (AvgIpc) is 2.35. The van der Waals surface area contributed by atoms with Gasteiger partial charge in [-0.1, -0.05) is 34.1 Å². The zero-order valence-corrected chi connectivity index (χ0v) is 11.3. The number of aryl methyl sites for hydroxylation is 1. The third kappa shape index (κ3) is 2.60. The van der Waals surface area contributed by atoms with Crippen LogP contribution in [0.15, 0.2) is 40.9 Å². The van der Waals surface area contributed by atoms with Crippen molar-refractivity contribution < 1.29 is 8.78 Å². The molecular formula is C14H12BrF2N. The van der Waals surface area contributed by atoms with Crippen molar-refractivity contribution in [1.82, 2.24) is 0 Å². The smallest absolute Gasteiger partial charge is 0.159 e. The topological polar surface area (TPSA) is 26.0 Å². The van der Waals surface area contributed by atoms with E-state index in [1.165, 1.54) is 6.07 Å². The van der Waals surface area contributed by atoms with Crippen molar-refractivity contribution in [2.75, 3.05) is 0 Å². The van der Waals surface area contributed by atoms with Crippen LogP contribution in [0.25, 0.3) is 0 Å². The summed E-state index contributed by atoms with van der Waals surface area (Å²) in [4.78, 5) is 0. The molecular weight excluding hydrogens is 300 g/mol. The van der Waals surface area contributed by atoms with Crippen LogP contribution >= 0.6 is 15.9 Å². The van der Waals surface area contributed by atoms with Gasteiger partial charge in [0.1, 0.15) is 0 Å². The second kappa shape index (κ2) is 5.16. The second-order valence-electron chi connectivity index (χ2n) is 4.16. The van der Waals surface area contributed by atoms with Crippen LogP contribution in [0.1, 0.15) is 22.7 Å². The van der Waals surface area contributed by atoms with Crippen LogP contribution in [-0.4, -0.2) is 0 Å². The molecule has 2 aromatic carbocycles. The van der Waals surface area contributed by atoms with E-state index in [0.717, 1.165) is 27.7 Å². The molecule has 1 atom stereocenters. The normalized spacial score (nSPS) is 12.5. The summed E-state index contributed by atoms with van der Waals surface area (Å²) in [6.07, 6.45) is 0. The summed E-state index contributed by atoms with van der Waals surface area (Å²) in [5, 5.41) is 0. The van der Waals surface area contributed by atoms with Crippen molar-refractivity contribution in [2.45, 2.75) is 13.0 Å². The highest BCUT2D eigenvalue weighted by atomic mass is 79.9. The molecule has 0 saturated heterocycles. The molecule has 2 aromatic rings. The average molecular weight is 312 g/mol. The van der Waals surface area contributed by atoms with Crippen LogP contribution in [0.3, 0.4) is 0 Å². The van der Waals surface area contributed by atoms with Crippen LogP contribution < -0.4 is 5.73 Å². The van der Waals surface area contributed by atoms with Crippen molar-refractivity contribution in [3.8, 4) is 0 Å². The minimum atomic E-state index is -0.878. The minimum Gasteiger partial charge on any atom is -0.320 e. The molecule has 0 heterocycles. The third-order valence-corrected chi connectivity index (χ3v) is 3.73. The first-order valence-corrected chi connectivity index (χ1v) is 6.25. The zero-order valence-electron chi connectivity index (χ0n) is 9.75. The molecule has 0 amide bonds. The van der Waals surface area contributed by atoms with Gasteiger partial charge in [-0.3, -0.25) is 0 Å². The number of hydrogen-bond acceptors (Lipinski definition) is 1. The molecule has 0 fully saturated rings. The lowest BCUT2D eigenvalue weighted by molar-refractivity contribution is 0.506. The third-order valence-electron chi connectivity index (χ3n) is 2.84. The van der Waals surface area contributed by atoms with Crippen molar-refractivity contribution in [3.05, 3.63) is 69.2 Å². The van der Waals surface area contributed by atoms with Crippen LogP contribution in [0.4, 0.5) is 8.78 Å². The highest BCUT2D eigenvalue weighted by Crippen LogP contribution is 2.25. The van der Waals surface area contributed by atoms with Gasteiger partial charge in [-0.2, -0.15) is 0 Å². The summed E-state index contributed by atoms with van der Waals surface area (Å²) in [7, 11) is 0. The molecule has 1 nitrogen and oxygen atoms in total. The Bertz CT molecular complexity index is 533. The Morgan fingerprint density at radius 3 is 2.22 bits per heavy atom. The Labute approximate surface area is 113 Å². The number of hydrogen-bond donors (Lipinski definition) is 1. The largest absolute Gasteiger partial charge is 0.320 e. The van der Waals surface area contributed by atoms with E-state index in [1.807, 2.05) is 25.1 Å². The summed E-state index contributed by atoms with van der Waals surface area (Å²) in [6, 6.07) is 8.95. The van der Waals surface area contributed by atoms with Crippen LogP contribution in [0.2, 0.25) is 0 Å². The molecule has 4 heteroatoms. The van der Waals surface area contributed by atoms with Gasteiger partial charge in [0.15, 0.2) is 11.6 Å². The SMILES string of the molecule is Cc1cc(C(N)c2ccc(F)c(F)c2)ccc1Br. The monoisotopic (exact) mass is 311 g/mol. The zero-order chi connectivity index (χ0) is 13.3. The molecule has 0 spiro atoms. The van der Waals surface area contributed by atoms with E-state index in [1.54, 1.807) is 0 Å². The van der Waals surface area contributed by atoms with E-state index in [9.17, 15) is 8.78 Å². The van der Waals surface area contributed by atoms with Gasteiger partial charge in [-0.05, 0) is 41.8 Å². The first-order chi connectivity index (χ1) is 8.49. The van der Waals surface area contributed by atoms with Crippen molar-refractivity contribution in [2.24, 2.45) is 5.73 Å². The lowest BCUT2D eigenvalue weighted by Gasteiger charge is -2.14. The molecule has 2 rings (SSSR count). The molecule has 0 aliphatic rings. The lowest BCUT2D eigenvalue weighted by atomic mass is 9.98. The Balaban J connectivity index is 2.37. The Hall–Kier alpha value is -1.26. The molecule has 0 saturated carbocycles. The molecule has 1 unspecified atom stereocenters. The lowest BCUT2D eigenvalue weighted by Crippen LogP contribution is -2.12. The van der Waals surface area contributed by atoms with E-state index in [4.69, 9.17) is 5.73 Å². The minimum absolute atomic E-state index is 0.466. The Morgan fingerprint density at radius 1 is 1.00 bits per heavy atom. The van der Waals surface area contributed by atoms with Crippen LogP contribution in [0, 0.1) is 18.6 Å². The first kappa shape index (κ1) is 13.2. The molecule has 0 aliphatic carbocycles. The fourth-order valence-electron chi connectivity index (χ4n) is 1.76. The van der Waals surface area contributed by atoms with E-state index in [-0.39, 0.29) is 0 Å².